The number of nitrogens with zero attached hydrogens (tertiary/aromatic N) is 2. The molecule has 0 unspecified atom stereocenters. The number of methoxy groups -OCH3 is 2. The number of piperidine rings is 1. The van der Waals surface area contributed by atoms with Crippen LogP contribution in [0.4, 0.5) is 5.69 Å². The van der Waals surface area contributed by atoms with Gasteiger partial charge in [-0.1, -0.05) is 6.42 Å². The molecule has 1 heterocycles. The van der Waals surface area contributed by atoms with Crippen LogP contribution in [-0.4, -0.2) is 55.9 Å². The van der Waals surface area contributed by atoms with Crippen LogP contribution >= 0.6 is 0 Å². The minimum absolute atomic E-state index is 0.122. The van der Waals surface area contributed by atoms with E-state index in [-0.39, 0.29) is 25.1 Å². The van der Waals surface area contributed by atoms with Crippen LogP contribution in [0.2, 0.25) is 0 Å². The molecule has 2 N–H and O–H groups in total. The van der Waals surface area contributed by atoms with E-state index in [0.717, 1.165) is 25.8 Å². The SMILES string of the molecule is COc1cc(C#N)c(NC(=O)CN2CCCC[C@@H]2CCO)cc1OC. The highest BCUT2D eigenvalue weighted by atomic mass is 16.5. The van der Waals surface area contributed by atoms with Gasteiger partial charge in [-0.2, -0.15) is 5.26 Å². The lowest BCUT2D eigenvalue weighted by atomic mass is 9.99. The maximum atomic E-state index is 12.5. The maximum Gasteiger partial charge on any atom is 0.238 e. The van der Waals surface area contributed by atoms with Crippen LogP contribution in [0.15, 0.2) is 12.1 Å². The maximum absolute atomic E-state index is 12.5. The van der Waals surface area contributed by atoms with E-state index in [1.54, 1.807) is 12.1 Å². The Morgan fingerprint density at radius 1 is 1.36 bits per heavy atom. The molecule has 1 aliphatic heterocycles. The molecule has 7 nitrogen and oxygen atoms in total. The minimum Gasteiger partial charge on any atom is -0.493 e. The summed E-state index contributed by atoms with van der Waals surface area (Å²) in [6.45, 7) is 1.20. The van der Waals surface area contributed by atoms with Crippen molar-refractivity contribution in [2.75, 3.05) is 39.2 Å². The molecule has 0 aliphatic carbocycles. The van der Waals surface area contributed by atoms with Crippen molar-refractivity contribution in [2.24, 2.45) is 0 Å². The van der Waals surface area contributed by atoms with Crippen molar-refractivity contribution < 1.29 is 19.4 Å². The first-order valence-electron chi connectivity index (χ1n) is 8.43. The smallest absolute Gasteiger partial charge is 0.238 e. The largest absolute Gasteiger partial charge is 0.493 e. The first-order chi connectivity index (χ1) is 12.1. The first kappa shape index (κ1) is 19.0. The molecule has 1 fully saturated rings. The number of nitriles is 1. The molecule has 2 rings (SSSR count). The molecule has 136 valence electrons. The van der Waals surface area contributed by atoms with Crippen molar-refractivity contribution in [3.8, 4) is 17.6 Å². The molecule has 0 radical (unpaired) electrons. The standard InChI is InChI=1S/C18H25N3O4/c1-24-16-9-13(11-19)15(10-17(16)25-2)20-18(23)12-21-7-4-3-5-14(21)6-8-22/h9-10,14,22H,3-8,12H2,1-2H3,(H,20,23)/t14-/m1/s1. The number of rotatable bonds is 7. The fraction of sp³-hybridized carbons (Fsp3) is 0.556. The van der Waals surface area contributed by atoms with Crippen molar-refractivity contribution in [3.05, 3.63) is 17.7 Å². The second-order valence-corrected chi connectivity index (χ2v) is 6.05. The number of aliphatic hydroxyl groups is 1. The predicted octanol–water partition coefficient (Wildman–Crippen LogP) is 1.75. The molecule has 25 heavy (non-hydrogen) atoms. The van der Waals surface area contributed by atoms with Gasteiger partial charge in [0.1, 0.15) is 6.07 Å². The molecule has 7 heteroatoms. The van der Waals surface area contributed by atoms with Gasteiger partial charge < -0.3 is 19.9 Å². The molecule has 1 aromatic rings. The Morgan fingerprint density at radius 2 is 2.08 bits per heavy atom. The molecule has 1 amide bonds. The minimum atomic E-state index is -0.187. The van der Waals surface area contributed by atoms with Crippen LogP contribution in [0.1, 0.15) is 31.2 Å². The third kappa shape index (κ3) is 4.84. The van der Waals surface area contributed by atoms with Crippen LogP contribution in [0.5, 0.6) is 11.5 Å². The summed E-state index contributed by atoms with van der Waals surface area (Å²) in [5, 5.41) is 21.3. The lowest BCUT2D eigenvalue weighted by Crippen LogP contribution is -2.44. The zero-order chi connectivity index (χ0) is 18.2. The Hall–Kier alpha value is -2.30. The number of carbonyl (C=O) groups is 1. The number of benzene rings is 1. The van der Waals surface area contributed by atoms with Gasteiger partial charge in [-0.15, -0.1) is 0 Å². The summed E-state index contributed by atoms with van der Waals surface area (Å²) >= 11 is 0. The van der Waals surface area contributed by atoms with Gasteiger partial charge >= 0.3 is 0 Å². The molecular weight excluding hydrogens is 322 g/mol. The molecule has 0 bridgehead atoms. The number of nitrogens with one attached hydrogen (secondary N) is 1. The van der Waals surface area contributed by atoms with E-state index in [9.17, 15) is 15.2 Å². The molecule has 1 aromatic carbocycles. The lowest BCUT2D eigenvalue weighted by Gasteiger charge is -2.34. The third-order valence-corrected chi connectivity index (χ3v) is 4.48. The fourth-order valence-corrected chi connectivity index (χ4v) is 3.19. The highest BCUT2D eigenvalue weighted by Crippen LogP contribution is 2.33. The van der Waals surface area contributed by atoms with Crippen molar-refractivity contribution in [3.63, 3.8) is 0 Å². The first-order valence-corrected chi connectivity index (χ1v) is 8.43. The Labute approximate surface area is 148 Å². The van der Waals surface area contributed by atoms with E-state index in [1.807, 2.05) is 0 Å². The molecule has 1 saturated heterocycles. The quantitative estimate of drug-likeness (QED) is 0.780. The molecule has 0 saturated carbocycles. The van der Waals surface area contributed by atoms with Gasteiger partial charge in [0.25, 0.3) is 0 Å². The second-order valence-electron chi connectivity index (χ2n) is 6.05. The van der Waals surface area contributed by atoms with Gasteiger partial charge in [0.05, 0.1) is 32.0 Å². The summed E-state index contributed by atoms with van der Waals surface area (Å²) in [6.07, 6.45) is 3.84. The molecule has 0 spiro atoms. The summed E-state index contributed by atoms with van der Waals surface area (Å²) < 4.78 is 10.4. The number of ether oxygens (including phenoxy) is 2. The van der Waals surface area contributed by atoms with Crippen molar-refractivity contribution in [1.29, 1.82) is 5.26 Å². The summed E-state index contributed by atoms with van der Waals surface area (Å²) in [7, 11) is 3.00. The van der Waals surface area contributed by atoms with Crippen LogP contribution in [-0.2, 0) is 4.79 Å². The predicted molar refractivity (Wildman–Crippen MR) is 93.8 cm³/mol. The Balaban J connectivity index is 2.10. The van der Waals surface area contributed by atoms with E-state index in [4.69, 9.17) is 9.47 Å². The van der Waals surface area contributed by atoms with E-state index < -0.39 is 0 Å². The molecule has 0 aromatic heterocycles. The molecular formula is C18H25N3O4. The van der Waals surface area contributed by atoms with E-state index in [2.05, 4.69) is 16.3 Å². The van der Waals surface area contributed by atoms with Crippen LogP contribution in [0, 0.1) is 11.3 Å². The Bertz CT molecular complexity index is 640. The number of hydrogen-bond acceptors (Lipinski definition) is 6. The number of carbonyl (C=O) groups excluding carboxylic acids is 1. The third-order valence-electron chi connectivity index (χ3n) is 4.48. The van der Waals surface area contributed by atoms with Crippen molar-refractivity contribution >= 4 is 11.6 Å². The Kier molecular flexibility index (Phi) is 7.04. The molecule has 1 aliphatic rings. The summed E-state index contributed by atoms with van der Waals surface area (Å²) in [6, 6.07) is 5.43. The number of hydrogen-bond donors (Lipinski definition) is 2. The van der Waals surface area contributed by atoms with Crippen molar-refractivity contribution in [2.45, 2.75) is 31.7 Å². The second kappa shape index (κ2) is 9.25. The lowest BCUT2D eigenvalue weighted by molar-refractivity contribution is -0.118. The van der Waals surface area contributed by atoms with Gasteiger partial charge in [-0.25, -0.2) is 0 Å². The van der Waals surface area contributed by atoms with E-state index in [0.29, 0.717) is 29.2 Å². The number of likely N-dealkylation sites (tertiary alicyclic amines) is 1. The molecule has 1 atom stereocenters. The average molecular weight is 347 g/mol. The summed E-state index contributed by atoms with van der Waals surface area (Å²) in [5.74, 6) is 0.706. The van der Waals surface area contributed by atoms with Gasteiger partial charge in [0.2, 0.25) is 5.91 Å². The summed E-state index contributed by atoms with van der Waals surface area (Å²) in [4.78, 5) is 14.6. The van der Waals surface area contributed by atoms with Crippen molar-refractivity contribution in [1.82, 2.24) is 4.90 Å². The zero-order valence-electron chi connectivity index (χ0n) is 14.7. The van der Waals surface area contributed by atoms with Gasteiger partial charge in [0, 0.05) is 24.8 Å². The topological polar surface area (TPSA) is 94.8 Å². The van der Waals surface area contributed by atoms with Gasteiger partial charge in [-0.3, -0.25) is 9.69 Å². The van der Waals surface area contributed by atoms with E-state index >= 15 is 0 Å². The highest BCUT2D eigenvalue weighted by molar-refractivity contribution is 5.94. The monoisotopic (exact) mass is 347 g/mol. The normalized spacial score (nSPS) is 17.6. The summed E-state index contributed by atoms with van der Waals surface area (Å²) in [5.41, 5.74) is 0.720. The van der Waals surface area contributed by atoms with Gasteiger partial charge in [-0.05, 0) is 25.8 Å². The Morgan fingerprint density at radius 3 is 2.72 bits per heavy atom. The zero-order valence-corrected chi connectivity index (χ0v) is 14.7. The average Bonchev–Trinajstić information content (AvgIpc) is 2.63. The van der Waals surface area contributed by atoms with E-state index in [1.165, 1.54) is 14.2 Å². The number of amides is 1. The van der Waals surface area contributed by atoms with Crippen LogP contribution in [0.25, 0.3) is 0 Å². The highest BCUT2D eigenvalue weighted by Gasteiger charge is 2.24. The van der Waals surface area contributed by atoms with Crippen LogP contribution < -0.4 is 14.8 Å². The number of aliphatic hydroxyl groups excluding tert-OH is 1. The van der Waals surface area contributed by atoms with Gasteiger partial charge in [0.15, 0.2) is 11.5 Å². The fourth-order valence-electron chi connectivity index (χ4n) is 3.19. The van der Waals surface area contributed by atoms with Crippen LogP contribution in [0.3, 0.4) is 0 Å². The number of anilines is 1.